The highest BCUT2D eigenvalue weighted by Gasteiger charge is 2.36. The number of nitrogens with zero attached hydrogens (tertiary/aromatic N) is 1. The van der Waals surface area contributed by atoms with Gasteiger partial charge in [-0.1, -0.05) is 64.1 Å². The Labute approximate surface area is 167 Å². The van der Waals surface area contributed by atoms with Crippen molar-refractivity contribution in [1.82, 2.24) is 0 Å². The first kappa shape index (κ1) is 20.1. The summed E-state index contributed by atoms with van der Waals surface area (Å²) in [5.74, 6) is 0.232. The minimum Gasteiger partial charge on any atom is -0.325 e. The molecular formula is C24H30N2O2. The number of aryl methyl sites for hydroxylation is 1. The van der Waals surface area contributed by atoms with Crippen LogP contribution in [0.25, 0.3) is 0 Å². The van der Waals surface area contributed by atoms with E-state index in [9.17, 15) is 9.59 Å². The van der Waals surface area contributed by atoms with Gasteiger partial charge in [-0.25, -0.2) is 0 Å². The predicted octanol–water partition coefficient (Wildman–Crippen LogP) is 5.23. The first-order valence-electron chi connectivity index (χ1n) is 10.1. The standard InChI is InChI=1S/C24H30N2O2/c1-15(2)19-10-6-7-12-21(19)26-14-18(13-22(26)27)24(28)25-23-17(5)9-8-11-20(23)16(3)4/h6-12,15-16,18H,13-14H2,1-5H3,(H,25,28). The molecule has 4 nitrogen and oxygen atoms in total. The smallest absolute Gasteiger partial charge is 0.229 e. The molecule has 3 rings (SSSR count). The van der Waals surface area contributed by atoms with Crippen LogP contribution in [0.15, 0.2) is 42.5 Å². The average Bonchev–Trinajstić information content (AvgIpc) is 3.04. The Morgan fingerprint density at radius 1 is 1.00 bits per heavy atom. The third-order valence-corrected chi connectivity index (χ3v) is 5.52. The Kier molecular flexibility index (Phi) is 5.87. The second kappa shape index (κ2) is 8.17. The lowest BCUT2D eigenvalue weighted by atomic mass is 9.97. The van der Waals surface area contributed by atoms with Crippen molar-refractivity contribution in [3.8, 4) is 0 Å². The van der Waals surface area contributed by atoms with Gasteiger partial charge in [0, 0.05) is 24.3 Å². The van der Waals surface area contributed by atoms with E-state index < -0.39 is 0 Å². The van der Waals surface area contributed by atoms with Crippen LogP contribution in [0.1, 0.15) is 62.6 Å². The molecule has 2 amide bonds. The van der Waals surface area contributed by atoms with Gasteiger partial charge in [-0.05, 0) is 41.5 Å². The van der Waals surface area contributed by atoms with Gasteiger partial charge in [-0.15, -0.1) is 0 Å². The second-order valence-corrected chi connectivity index (χ2v) is 8.30. The fourth-order valence-corrected chi connectivity index (χ4v) is 3.91. The van der Waals surface area contributed by atoms with E-state index in [0.29, 0.717) is 18.4 Å². The van der Waals surface area contributed by atoms with E-state index >= 15 is 0 Å². The van der Waals surface area contributed by atoms with Crippen LogP contribution in [-0.4, -0.2) is 18.4 Å². The summed E-state index contributed by atoms with van der Waals surface area (Å²) in [4.78, 5) is 27.5. The predicted molar refractivity (Wildman–Crippen MR) is 115 cm³/mol. The van der Waals surface area contributed by atoms with Crippen molar-refractivity contribution in [2.24, 2.45) is 5.92 Å². The normalized spacial score (nSPS) is 16.9. The number of hydrogen-bond acceptors (Lipinski definition) is 2. The zero-order valence-electron chi connectivity index (χ0n) is 17.5. The van der Waals surface area contributed by atoms with E-state index in [1.807, 2.05) is 37.3 Å². The largest absolute Gasteiger partial charge is 0.325 e. The van der Waals surface area contributed by atoms with Crippen molar-refractivity contribution in [1.29, 1.82) is 0 Å². The molecule has 1 aliphatic rings. The Balaban J connectivity index is 1.81. The van der Waals surface area contributed by atoms with Crippen molar-refractivity contribution >= 4 is 23.2 Å². The maximum Gasteiger partial charge on any atom is 0.229 e. The summed E-state index contributed by atoms with van der Waals surface area (Å²) in [6.45, 7) is 10.9. The van der Waals surface area contributed by atoms with Crippen molar-refractivity contribution in [2.45, 2.75) is 52.9 Å². The molecule has 28 heavy (non-hydrogen) atoms. The number of benzene rings is 2. The number of anilines is 2. The number of carbonyl (C=O) groups is 2. The van der Waals surface area contributed by atoms with Crippen LogP contribution in [0.5, 0.6) is 0 Å². The topological polar surface area (TPSA) is 49.4 Å². The van der Waals surface area contributed by atoms with Gasteiger partial charge in [-0.2, -0.15) is 0 Å². The van der Waals surface area contributed by atoms with Crippen LogP contribution < -0.4 is 10.2 Å². The minimum absolute atomic E-state index is 0.0158. The monoisotopic (exact) mass is 378 g/mol. The molecule has 2 aromatic carbocycles. The molecule has 4 heteroatoms. The van der Waals surface area contributed by atoms with E-state index in [1.165, 1.54) is 0 Å². The van der Waals surface area contributed by atoms with Crippen LogP contribution in [0.2, 0.25) is 0 Å². The average molecular weight is 379 g/mol. The molecule has 0 aliphatic carbocycles. The first-order valence-corrected chi connectivity index (χ1v) is 10.1. The van der Waals surface area contributed by atoms with Gasteiger partial charge < -0.3 is 10.2 Å². The SMILES string of the molecule is Cc1cccc(C(C)C)c1NC(=O)C1CC(=O)N(c2ccccc2C(C)C)C1. The van der Waals surface area contributed by atoms with E-state index in [1.54, 1.807) is 4.90 Å². The van der Waals surface area contributed by atoms with Crippen molar-refractivity contribution < 1.29 is 9.59 Å². The molecule has 1 N–H and O–H groups in total. The summed E-state index contributed by atoms with van der Waals surface area (Å²) in [7, 11) is 0. The Bertz CT molecular complexity index is 886. The zero-order chi connectivity index (χ0) is 20.4. The number of nitrogens with one attached hydrogen (secondary N) is 1. The molecule has 0 saturated carbocycles. The number of carbonyl (C=O) groups excluding carboxylic acids is 2. The minimum atomic E-state index is -0.340. The molecule has 0 aromatic heterocycles. The van der Waals surface area contributed by atoms with Crippen LogP contribution in [0.3, 0.4) is 0 Å². The number of hydrogen-bond donors (Lipinski definition) is 1. The summed E-state index contributed by atoms with van der Waals surface area (Å²) < 4.78 is 0. The zero-order valence-corrected chi connectivity index (χ0v) is 17.5. The Morgan fingerprint density at radius 3 is 2.32 bits per heavy atom. The Morgan fingerprint density at radius 2 is 1.64 bits per heavy atom. The summed E-state index contributed by atoms with van der Waals surface area (Å²) >= 11 is 0. The fourth-order valence-electron chi connectivity index (χ4n) is 3.91. The van der Waals surface area contributed by atoms with Gasteiger partial charge in [0.2, 0.25) is 11.8 Å². The molecule has 1 atom stereocenters. The third kappa shape index (κ3) is 3.96. The molecule has 1 heterocycles. The maximum atomic E-state index is 13.0. The van der Waals surface area contributed by atoms with Gasteiger partial charge in [0.1, 0.15) is 0 Å². The molecule has 0 bridgehead atoms. The molecule has 0 spiro atoms. The quantitative estimate of drug-likeness (QED) is 0.774. The lowest BCUT2D eigenvalue weighted by Crippen LogP contribution is -2.29. The molecule has 2 aromatic rings. The van der Waals surface area contributed by atoms with Crippen LogP contribution in [0, 0.1) is 12.8 Å². The third-order valence-electron chi connectivity index (χ3n) is 5.52. The van der Waals surface area contributed by atoms with Gasteiger partial charge in [0.05, 0.1) is 5.92 Å². The highest BCUT2D eigenvalue weighted by molar-refractivity contribution is 6.04. The van der Waals surface area contributed by atoms with Gasteiger partial charge in [0.15, 0.2) is 0 Å². The van der Waals surface area contributed by atoms with Crippen molar-refractivity contribution in [3.63, 3.8) is 0 Å². The van der Waals surface area contributed by atoms with Gasteiger partial charge in [-0.3, -0.25) is 9.59 Å². The van der Waals surface area contributed by atoms with E-state index in [0.717, 1.165) is 28.1 Å². The molecular weight excluding hydrogens is 348 g/mol. The molecule has 1 saturated heterocycles. The summed E-state index contributed by atoms with van der Waals surface area (Å²) in [6, 6.07) is 14.1. The van der Waals surface area contributed by atoms with Crippen LogP contribution in [-0.2, 0) is 9.59 Å². The van der Waals surface area contributed by atoms with E-state index in [2.05, 4.69) is 45.1 Å². The highest BCUT2D eigenvalue weighted by atomic mass is 16.2. The maximum absolute atomic E-state index is 13.0. The van der Waals surface area contributed by atoms with E-state index in [-0.39, 0.29) is 24.2 Å². The first-order chi connectivity index (χ1) is 13.3. The lowest BCUT2D eigenvalue weighted by Gasteiger charge is -2.22. The van der Waals surface area contributed by atoms with Crippen LogP contribution >= 0.6 is 0 Å². The van der Waals surface area contributed by atoms with Crippen LogP contribution in [0.4, 0.5) is 11.4 Å². The Hall–Kier alpha value is -2.62. The van der Waals surface area contributed by atoms with Crippen molar-refractivity contribution in [2.75, 3.05) is 16.8 Å². The lowest BCUT2D eigenvalue weighted by molar-refractivity contribution is -0.122. The number of rotatable bonds is 5. The van der Waals surface area contributed by atoms with Gasteiger partial charge in [0.25, 0.3) is 0 Å². The molecule has 1 aliphatic heterocycles. The fraction of sp³-hybridized carbons (Fsp3) is 0.417. The van der Waals surface area contributed by atoms with Crippen molar-refractivity contribution in [3.05, 3.63) is 59.2 Å². The summed E-state index contributed by atoms with van der Waals surface area (Å²) in [6.07, 6.45) is 0.251. The highest BCUT2D eigenvalue weighted by Crippen LogP contribution is 2.33. The summed E-state index contributed by atoms with van der Waals surface area (Å²) in [5, 5.41) is 3.11. The second-order valence-electron chi connectivity index (χ2n) is 8.30. The van der Waals surface area contributed by atoms with E-state index in [4.69, 9.17) is 0 Å². The summed E-state index contributed by atoms with van der Waals surface area (Å²) in [5.41, 5.74) is 5.12. The number of amides is 2. The van der Waals surface area contributed by atoms with Gasteiger partial charge >= 0.3 is 0 Å². The number of para-hydroxylation sites is 2. The molecule has 1 fully saturated rings. The molecule has 1 unspecified atom stereocenters. The molecule has 0 radical (unpaired) electrons. The molecule has 148 valence electrons.